The van der Waals surface area contributed by atoms with Crippen LogP contribution in [-0.4, -0.2) is 58.0 Å². The van der Waals surface area contributed by atoms with Crippen LogP contribution >= 0.6 is 11.6 Å². The third-order valence-electron chi connectivity index (χ3n) is 7.69. The average molecular weight is 646 g/mol. The van der Waals surface area contributed by atoms with E-state index in [1.807, 2.05) is 0 Å². The van der Waals surface area contributed by atoms with Gasteiger partial charge in [0.1, 0.15) is 18.4 Å². The third kappa shape index (κ3) is 7.81. The summed E-state index contributed by atoms with van der Waals surface area (Å²) in [5, 5.41) is 3.59. The summed E-state index contributed by atoms with van der Waals surface area (Å²) in [6.07, 6.45) is 4.09. The second-order valence-corrected chi connectivity index (χ2v) is 12.9. The number of carbonyl (C=O) groups excluding carboxylic acids is 2. The van der Waals surface area contributed by atoms with Crippen molar-refractivity contribution in [2.24, 2.45) is 0 Å². The standard InChI is InChI=1S/C32H37ClFN3O6S/c1-4-28(32(39)35-25-7-5-6-8-25)36(20-22-9-11-23(33)12-10-22)31(38)21-37(26-15-13-24(34)14-16-26)44(40,41)27-17-18-29(42-2)30(19-27)43-3/h9-19,25,28H,4-8,20-21H2,1-3H3,(H,35,39)/t28-/m0/s1. The molecule has 9 nitrogen and oxygen atoms in total. The normalized spacial score (nSPS) is 14.1. The van der Waals surface area contributed by atoms with Crippen molar-refractivity contribution in [1.82, 2.24) is 10.2 Å². The molecule has 2 amide bonds. The van der Waals surface area contributed by atoms with Gasteiger partial charge in [-0.15, -0.1) is 0 Å². The number of nitrogens with zero attached hydrogens (tertiary/aromatic N) is 2. The SMILES string of the molecule is CC[C@@H](C(=O)NC1CCCC1)N(Cc1ccc(Cl)cc1)C(=O)CN(c1ccc(F)cc1)S(=O)(=O)c1ccc(OC)c(OC)c1. The summed E-state index contributed by atoms with van der Waals surface area (Å²) in [6, 6.07) is 14.9. The van der Waals surface area contributed by atoms with E-state index in [0.29, 0.717) is 22.8 Å². The Labute approximate surface area is 262 Å². The first kappa shape index (κ1) is 33.1. The van der Waals surface area contributed by atoms with Gasteiger partial charge in [0, 0.05) is 23.7 Å². The van der Waals surface area contributed by atoms with Crippen LogP contribution in [-0.2, 0) is 26.2 Å². The van der Waals surface area contributed by atoms with E-state index in [9.17, 15) is 22.4 Å². The van der Waals surface area contributed by atoms with Gasteiger partial charge in [0.2, 0.25) is 11.8 Å². The number of carbonyl (C=O) groups is 2. The fourth-order valence-corrected chi connectivity index (χ4v) is 6.87. The third-order valence-corrected chi connectivity index (χ3v) is 9.71. The molecule has 0 radical (unpaired) electrons. The summed E-state index contributed by atoms with van der Waals surface area (Å²) >= 11 is 6.08. The second-order valence-electron chi connectivity index (χ2n) is 10.6. The summed E-state index contributed by atoms with van der Waals surface area (Å²) in [7, 11) is -1.58. The minimum Gasteiger partial charge on any atom is -0.493 e. The Hall–Kier alpha value is -3.83. The van der Waals surface area contributed by atoms with Crippen molar-refractivity contribution in [2.75, 3.05) is 25.1 Å². The number of benzene rings is 3. The molecule has 4 rings (SSSR count). The molecule has 0 unspecified atom stereocenters. The number of hydrogen-bond acceptors (Lipinski definition) is 6. The summed E-state index contributed by atoms with van der Waals surface area (Å²) in [5.41, 5.74) is 0.787. The topological polar surface area (TPSA) is 105 Å². The molecule has 236 valence electrons. The lowest BCUT2D eigenvalue weighted by Crippen LogP contribution is -2.53. The van der Waals surface area contributed by atoms with Crippen molar-refractivity contribution in [3.8, 4) is 11.5 Å². The van der Waals surface area contributed by atoms with E-state index >= 15 is 0 Å². The molecule has 3 aromatic carbocycles. The first-order valence-corrected chi connectivity index (χ1v) is 16.2. The van der Waals surface area contributed by atoms with Crippen LogP contribution in [0.15, 0.2) is 71.6 Å². The zero-order valence-electron chi connectivity index (χ0n) is 25.0. The molecule has 0 bridgehead atoms. The predicted molar refractivity (Wildman–Crippen MR) is 167 cm³/mol. The first-order valence-electron chi connectivity index (χ1n) is 14.4. The molecule has 1 N–H and O–H groups in total. The Bertz CT molecular complexity index is 1550. The lowest BCUT2D eigenvalue weighted by Gasteiger charge is -2.33. The van der Waals surface area contributed by atoms with Gasteiger partial charge in [-0.1, -0.05) is 43.5 Å². The molecule has 1 atom stereocenters. The molecule has 0 spiro atoms. The second kappa shape index (κ2) is 14.8. The van der Waals surface area contributed by atoms with Gasteiger partial charge in [-0.05, 0) is 73.4 Å². The highest BCUT2D eigenvalue weighted by molar-refractivity contribution is 7.92. The molecule has 3 aromatic rings. The van der Waals surface area contributed by atoms with Crippen LogP contribution in [0.2, 0.25) is 5.02 Å². The van der Waals surface area contributed by atoms with E-state index in [-0.39, 0.29) is 34.8 Å². The molecule has 0 saturated heterocycles. The highest BCUT2D eigenvalue weighted by Gasteiger charge is 2.35. The van der Waals surface area contributed by atoms with Crippen LogP contribution < -0.4 is 19.1 Å². The first-order chi connectivity index (χ1) is 21.1. The van der Waals surface area contributed by atoms with Crippen molar-refractivity contribution < 1.29 is 31.9 Å². The number of sulfonamides is 1. The Kier molecular flexibility index (Phi) is 11.1. The van der Waals surface area contributed by atoms with Gasteiger partial charge in [-0.3, -0.25) is 13.9 Å². The summed E-state index contributed by atoms with van der Waals surface area (Å²) in [6.45, 7) is 1.20. The highest BCUT2D eigenvalue weighted by atomic mass is 35.5. The van der Waals surface area contributed by atoms with Crippen LogP contribution in [0.3, 0.4) is 0 Å². The Balaban J connectivity index is 1.73. The largest absolute Gasteiger partial charge is 0.493 e. The maximum atomic E-state index is 14.2. The molecule has 1 saturated carbocycles. The van der Waals surface area contributed by atoms with Crippen LogP contribution in [0.5, 0.6) is 11.5 Å². The number of methoxy groups -OCH3 is 2. The van der Waals surface area contributed by atoms with Crippen LogP contribution in [0, 0.1) is 5.82 Å². The molecule has 1 fully saturated rings. The average Bonchev–Trinajstić information content (AvgIpc) is 3.53. The fraction of sp³-hybridized carbons (Fsp3) is 0.375. The van der Waals surface area contributed by atoms with E-state index in [4.69, 9.17) is 21.1 Å². The van der Waals surface area contributed by atoms with Gasteiger partial charge in [0.05, 0.1) is 24.8 Å². The molecule has 0 aromatic heterocycles. The monoisotopic (exact) mass is 645 g/mol. The number of amides is 2. The van der Waals surface area contributed by atoms with E-state index in [1.54, 1.807) is 31.2 Å². The highest BCUT2D eigenvalue weighted by Crippen LogP contribution is 2.32. The van der Waals surface area contributed by atoms with Crippen LogP contribution in [0.25, 0.3) is 0 Å². The number of ether oxygens (including phenoxy) is 2. The molecule has 44 heavy (non-hydrogen) atoms. The van der Waals surface area contributed by atoms with Crippen molar-refractivity contribution in [3.05, 3.63) is 83.1 Å². The van der Waals surface area contributed by atoms with Gasteiger partial charge in [0.15, 0.2) is 11.5 Å². The lowest BCUT2D eigenvalue weighted by molar-refractivity contribution is -0.140. The summed E-state index contributed by atoms with van der Waals surface area (Å²) in [5.74, 6) is -0.968. The molecule has 1 aliphatic rings. The molecular formula is C32H37ClFN3O6S. The number of anilines is 1. The number of halogens is 2. The van der Waals surface area contributed by atoms with E-state index in [1.165, 1.54) is 49.5 Å². The predicted octanol–water partition coefficient (Wildman–Crippen LogP) is 5.56. The van der Waals surface area contributed by atoms with Crippen molar-refractivity contribution >= 4 is 39.1 Å². The van der Waals surface area contributed by atoms with Crippen molar-refractivity contribution in [1.29, 1.82) is 0 Å². The molecule has 12 heteroatoms. The molecule has 0 aliphatic heterocycles. The number of hydrogen-bond donors (Lipinski definition) is 1. The Morgan fingerprint density at radius 2 is 1.61 bits per heavy atom. The quantitative estimate of drug-likeness (QED) is 0.261. The van der Waals surface area contributed by atoms with E-state index < -0.39 is 34.3 Å². The van der Waals surface area contributed by atoms with Crippen LogP contribution in [0.1, 0.15) is 44.6 Å². The van der Waals surface area contributed by atoms with Gasteiger partial charge in [-0.2, -0.15) is 0 Å². The number of nitrogens with one attached hydrogen (secondary N) is 1. The lowest BCUT2D eigenvalue weighted by atomic mass is 10.1. The molecule has 0 heterocycles. The zero-order valence-corrected chi connectivity index (χ0v) is 26.5. The van der Waals surface area contributed by atoms with E-state index in [0.717, 1.165) is 42.1 Å². The minimum absolute atomic E-state index is 0.0326. The zero-order chi connectivity index (χ0) is 31.9. The summed E-state index contributed by atoms with van der Waals surface area (Å²) < 4.78 is 53.6. The van der Waals surface area contributed by atoms with Gasteiger partial charge >= 0.3 is 0 Å². The maximum absolute atomic E-state index is 14.2. The number of rotatable bonds is 13. The Morgan fingerprint density at radius 3 is 2.20 bits per heavy atom. The van der Waals surface area contributed by atoms with Gasteiger partial charge in [0.25, 0.3) is 10.0 Å². The summed E-state index contributed by atoms with van der Waals surface area (Å²) in [4.78, 5) is 29.0. The van der Waals surface area contributed by atoms with E-state index in [2.05, 4.69) is 5.32 Å². The van der Waals surface area contributed by atoms with Gasteiger partial charge in [-0.25, -0.2) is 12.8 Å². The van der Waals surface area contributed by atoms with Crippen molar-refractivity contribution in [3.63, 3.8) is 0 Å². The minimum atomic E-state index is -4.39. The van der Waals surface area contributed by atoms with Crippen LogP contribution in [0.4, 0.5) is 10.1 Å². The van der Waals surface area contributed by atoms with Crippen molar-refractivity contribution in [2.45, 2.75) is 62.6 Å². The Morgan fingerprint density at radius 1 is 0.977 bits per heavy atom. The smallest absolute Gasteiger partial charge is 0.264 e. The maximum Gasteiger partial charge on any atom is 0.264 e. The molecule has 1 aliphatic carbocycles. The molecular weight excluding hydrogens is 609 g/mol. The fourth-order valence-electron chi connectivity index (χ4n) is 5.31. The van der Waals surface area contributed by atoms with Gasteiger partial charge < -0.3 is 19.7 Å².